The van der Waals surface area contributed by atoms with E-state index in [1.54, 1.807) is 12.4 Å². The Morgan fingerprint density at radius 3 is 1.57 bits per heavy atom. The Labute approximate surface area is 131 Å². The van der Waals surface area contributed by atoms with Crippen LogP contribution in [0.1, 0.15) is 0 Å². The summed E-state index contributed by atoms with van der Waals surface area (Å²) in [6.07, 6.45) is 3.25. The Morgan fingerprint density at radius 1 is 0.714 bits per heavy atom. The third kappa shape index (κ3) is 2.69. The maximum atomic E-state index is 13.8. The lowest BCUT2D eigenvalue weighted by atomic mass is 10.4. The van der Waals surface area contributed by atoms with Crippen molar-refractivity contribution in [1.82, 2.24) is 9.97 Å². The van der Waals surface area contributed by atoms with Crippen molar-refractivity contribution < 1.29 is 4.57 Å². The van der Waals surface area contributed by atoms with Crippen LogP contribution in [-0.2, 0) is 4.57 Å². The molecule has 0 atom stereocenters. The van der Waals surface area contributed by atoms with Crippen LogP contribution in [0.25, 0.3) is 0 Å². The zero-order valence-corrected chi connectivity index (χ0v) is 13.5. The molecule has 0 saturated heterocycles. The average molecular weight is 359 g/mol. The molecule has 0 saturated carbocycles. The van der Waals surface area contributed by atoms with Gasteiger partial charge in [-0.15, -0.1) is 0 Å². The lowest BCUT2D eigenvalue weighted by molar-refractivity contribution is 0.592. The monoisotopic (exact) mass is 358 g/mol. The van der Waals surface area contributed by atoms with Gasteiger partial charge >= 0.3 is 0 Å². The van der Waals surface area contributed by atoms with Crippen molar-refractivity contribution in [1.29, 1.82) is 0 Å². The van der Waals surface area contributed by atoms with Crippen molar-refractivity contribution in [3.05, 3.63) is 77.8 Å². The Kier molecular flexibility index (Phi) is 4.00. The van der Waals surface area contributed by atoms with Crippen molar-refractivity contribution >= 4 is 39.0 Å². The van der Waals surface area contributed by atoms with Crippen LogP contribution in [0, 0.1) is 0 Å². The summed E-state index contributed by atoms with van der Waals surface area (Å²) in [5.74, 6) is 0. The molecular formula is C16H12BrN2OP. The standard InChI is InChI=1S/C16H12BrN2OP/c17-16-18-11-15(12-19-16)21(20,13-7-3-1-4-8-13)14-9-5-2-6-10-14/h1-12H. The van der Waals surface area contributed by atoms with Crippen LogP contribution in [0.15, 0.2) is 77.8 Å². The second-order valence-electron chi connectivity index (χ2n) is 4.49. The summed E-state index contributed by atoms with van der Waals surface area (Å²) >= 11 is 3.21. The van der Waals surface area contributed by atoms with Crippen LogP contribution in [0.4, 0.5) is 0 Å². The molecule has 0 amide bonds. The molecule has 3 rings (SSSR count). The van der Waals surface area contributed by atoms with Gasteiger partial charge in [-0.05, 0) is 15.9 Å². The zero-order chi connectivity index (χ0) is 14.7. The lowest BCUT2D eigenvalue weighted by Crippen LogP contribution is -2.25. The van der Waals surface area contributed by atoms with E-state index in [4.69, 9.17) is 0 Å². The molecular weight excluding hydrogens is 347 g/mol. The summed E-state index contributed by atoms with van der Waals surface area (Å²) in [5.41, 5.74) is 0. The fourth-order valence-electron chi connectivity index (χ4n) is 2.19. The molecule has 2 aromatic carbocycles. The number of benzene rings is 2. The van der Waals surface area contributed by atoms with Crippen LogP contribution in [0.3, 0.4) is 0 Å². The van der Waals surface area contributed by atoms with E-state index in [-0.39, 0.29) is 0 Å². The minimum absolute atomic E-state index is 0.485. The van der Waals surface area contributed by atoms with Gasteiger partial charge in [-0.2, -0.15) is 0 Å². The first kappa shape index (κ1) is 14.2. The summed E-state index contributed by atoms with van der Waals surface area (Å²) in [4.78, 5) is 8.26. The van der Waals surface area contributed by atoms with E-state index in [0.717, 1.165) is 10.6 Å². The van der Waals surface area contributed by atoms with E-state index in [0.29, 0.717) is 10.0 Å². The Hall–Kier alpha value is -1.77. The minimum Gasteiger partial charge on any atom is -0.309 e. The molecule has 21 heavy (non-hydrogen) atoms. The van der Waals surface area contributed by atoms with Gasteiger partial charge in [-0.1, -0.05) is 60.7 Å². The molecule has 0 radical (unpaired) electrons. The smallest absolute Gasteiger partial charge is 0.196 e. The van der Waals surface area contributed by atoms with Crippen LogP contribution in [-0.4, -0.2) is 9.97 Å². The van der Waals surface area contributed by atoms with Gasteiger partial charge in [0.25, 0.3) is 0 Å². The maximum absolute atomic E-state index is 13.8. The number of aromatic nitrogens is 2. The summed E-state index contributed by atoms with van der Waals surface area (Å²) in [5, 5.41) is 2.19. The Morgan fingerprint density at radius 2 is 1.14 bits per heavy atom. The summed E-state index contributed by atoms with van der Waals surface area (Å²) in [7, 11) is -2.94. The molecule has 3 nitrogen and oxygen atoms in total. The van der Waals surface area contributed by atoms with E-state index < -0.39 is 7.14 Å². The van der Waals surface area contributed by atoms with Crippen molar-refractivity contribution in [3.63, 3.8) is 0 Å². The summed E-state index contributed by atoms with van der Waals surface area (Å²) < 4.78 is 14.3. The van der Waals surface area contributed by atoms with Crippen molar-refractivity contribution in [2.45, 2.75) is 0 Å². The molecule has 0 bridgehead atoms. The van der Waals surface area contributed by atoms with Crippen molar-refractivity contribution in [2.75, 3.05) is 0 Å². The summed E-state index contributed by atoms with van der Waals surface area (Å²) in [6, 6.07) is 18.9. The van der Waals surface area contributed by atoms with E-state index >= 15 is 0 Å². The highest BCUT2D eigenvalue weighted by atomic mass is 79.9. The molecule has 3 aromatic rings. The molecule has 104 valence electrons. The van der Waals surface area contributed by atoms with Crippen LogP contribution in [0.2, 0.25) is 0 Å². The fraction of sp³-hybridized carbons (Fsp3) is 0. The SMILES string of the molecule is O=P(c1ccccc1)(c1ccccc1)c1cnc(Br)nc1. The highest BCUT2D eigenvalue weighted by Gasteiger charge is 2.30. The minimum atomic E-state index is -2.94. The van der Waals surface area contributed by atoms with Gasteiger partial charge in [0.15, 0.2) is 11.9 Å². The second-order valence-corrected chi connectivity index (χ2v) is 7.97. The number of halogens is 1. The number of nitrogens with zero attached hydrogens (tertiary/aromatic N) is 2. The van der Waals surface area contributed by atoms with E-state index in [1.165, 1.54) is 0 Å². The highest BCUT2D eigenvalue weighted by Crippen LogP contribution is 2.41. The normalized spacial score (nSPS) is 11.3. The van der Waals surface area contributed by atoms with Crippen molar-refractivity contribution in [3.8, 4) is 0 Å². The molecule has 5 heteroatoms. The molecule has 0 unspecified atom stereocenters. The topological polar surface area (TPSA) is 42.9 Å². The maximum Gasteiger partial charge on any atom is 0.196 e. The van der Waals surface area contributed by atoms with Gasteiger partial charge in [-0.25, -0.2) is 9.97 Å². The Balaban J connectivity index is 2.26. The van der Waals surface area contributed by atoms with Gasteiger partial charge < -0.3 is 4.57 Å². The lowest BCUT2D eigenvalue weighted by Gasteiger charge is -2.19. The molecule has 0 fully saturated rings. The van der Waals surface area contributed by atoms with Crippen LogP contribution >= 0.6 is 23.1 Å². The quantitative estimate of drug-likeness (QED) is 0.534. The molecule has 0 N–H and O–H groups in total. The highest BCUT2D eigenvalue weighted by molar-refractivity contribution is 9.10. The van der Waals surface area contributed by atoms with Gasteiger partial charge in [0.05, 0.1) is 5.30 Å². The molecule has 0 aliphatic rings. The predicted molar refractivity (Wildman–Crippen MR) is 89.1 cm³/mol. The first-order valence-corrected chi connectivity index (χ1v) is 8.90. The first-order chi connectivity index (χ1) is 10.2. The largest absolute Gasteiger partial charge is 0.309 e. The zero-order valence-electron chi connectivity index (χ0n) is 11.1. The number of hydrogen-bond acceptors (Lipinski definition) is 3. The van der Waals surface area contributed by atoms with Crippen LogP contribution in [0.5, 0.6) is 0 Å². The van der Waals surface area contributed by atoms with Crippen molar-refractivity contribution in [2.24, 2.45) is 0 Å². The fourth-order valence-corrected chi connectivity index (χ4v) is 4.91. The third-order valence-electron chi connectivity index (χ3n) is 3.21. The Bertz CT molecular complexity index is 733. The molecule has 0 aliphatic carbocycles. The molecule has 1 heterocycles. The predicted octanol–water partition coefficient (Wildman–Crippen LogP) is 2.88. The average Bonchev–Trinajstić information content (AvgIpc) is 2.56. The summed E-state index contributed by atoms with van der Waals surface area (Å²) in [6.45, 7) is 0. The van der Waals surface area contributed by atoms with Gasteiger partial charge in [0, 0.05) is 23.0 Å². The number of rotatable bonds is 3. The van der Waals surface area contributed by atoms with Crippen LogP contribution < -0.4 is 15.9 Å². The van der Waals surface area contributed by atoms with Gasteiger partial charge in [-0.3, -0.25) is 0 Å². The molecule has 1 aromatic heterocycles. The van der Waals surface area contributed by atoms with E-state index in [9.17, 15) is 4.57 Å². The second kappa shape index (κ2) is 5.92. The molecule has 0 aliphatic heterocycles. The molecule has 0 spiro atoms. The third-order valence-corrected chi connectivity index (χ3v) is 6.63. The first-order valence-electron chi connectivity index (χ1n) is 6.40. The van der Waals surface area contributed by atoms with E-state index in [2.05, 4.69) is 25.9 Å². The number of hydrogen-bond donors (Lipinski definition) is 0. The van der Waals surface area contributed by atoms with Gasteiger partial charge in [0.1, 0.15) is 0 Å². The van der Waals surface area contributed by atoms with E-state index in [1.807, 2.05) is 60.7 Å². The van der Waals surface area contributed by atoms with Gasteiger partial charge in [0.2, 0.25) is 0 Å².